The second kappa shape index (κ2) is 2.83. The van der Waals surface area contributed by atoms with Gasteiger partial charge in [-0.25, -0.2) is 0 Å². The van der Waals surface area contributed by atoms with E-state index in [-0.39, 0.29) is 6.04 Å². The van der Waals surface area contributed by atoms with Gasteiger partial charge in [-0.3, -0.25) is 4.68 Å². The molecule has 1 N–H and O–H groups in total. The molecular weight excluding hydrogens is 178 g/mol. The number of rotatable bonds is 1. The third kappa shape index (κ3) is 0.937. The standard InChI is InChI=1S/C10H13N3O/c14-12-9-7-2-3-8(6-7)10(9)13-5-1-4-11-13/h1,4-5,7-8,10,14H,2-3,6H2/b12-9-. The van der Waals surface area contributed by atoms with Crippen molar-refractivity contribution in [3.05, 3.63) is 18.5 Å². The lowest BCUT2D eigenvalue weighted by molar-refractivity contribution is 0.305. The van der Waals surface area contributed by atoms with Crippen molar-refractivity contribution in [2.75, 3.05) is 0 Å². The van der Waals surface area contributed by atoms with Crippen molar-refractivity contribution in [3.8, 4) is 0 Å². The summed E-state index contributed by atoms with van der Waals surface area (Å²) in [4.78, 5) is 0. The average Bonchev–Trinajstić information content (AvgIpc) is 2.92. The van der Waals surface area contributed by atoms with Crippen LogP contribution >= 0.6 is 0 Å². The van der Waals surface area contributed by atoms with Crippen molar-refractivity contribution >= 4 is 5.71 Å². The van der Waals surface area contributed by atoms with Gasteiger partial charge in [-0.1, -0.05) is 5.16 Å². The van der Waals surface area contributed by atoms with Gasteiger partial charge >= 0.3 is 0 Å². The Labute approximate surface area is 82.2 Å². The van der Waals surface area contributed by atoms with Crippen LogP contribution in [0.25, 0.3) is 0 Å². The normalized spacial score (nSPS) is 38.3. The molecule has 0 aliphatic heterocycles. The molecule has 3 rings (SSSR count). The largest absolute Gasteiger partial charge is 0.411 e. The zero-order valence-electron chi connectivity index (χ0n) is 7.87. The van der Waals surface area contributed by atoms with E-state index in [2.05, 4.69) is 10.3 Å². The monoisotopic (exact) mass is 191 g/mol. The SMILES string of the molecule is O/N=C1/C2CCC(C2)C1n1cccn1. The minimum absolute atomic E-state index is 0.216. The smallest absolute Gasteiger partial charge is 0.0964 e. The summed E-state index contributed by atoms with van der Waals surface area (Å²) in [6.45, 7) is 0. The molecule has 2 aliphatic carbocycles. The zero-order chi connectivity index (χ0) is 9.54. The molecule has 0 amide bonds. The molecule has 0 aromatic carbocycles. The highest BCUT2D eigenvalue weighted by molar-refractivity contribution is 5.93. The number of oxime groups is 1. The maximum Gasteiger partial charge on any atom is 0.0964 e. The topological polar surface area (TPSA) is 50.4 Å². The minimum Gasteiger partial charge on any atom is -0.411 e. The Hall–Kier alpha value is -1.32. The maximum atomic E-state index is 9.00. The van der Waals surface area contributed by atoms with Gasteiger partial charge < -0.3 is 5.21 Å². The highest BCUT2D eigenvalue weighted by Crippen LogP contribution is 2.48. The van der Waals surface area contributed by atoms with Crippen molar-refractivity contribution in [1.82, 2.24) is 9.78 Å². The molecule has 4 heteroatoms. The van der Waals surface area contributed by atoms with Gasteiger partial charge in [0.2, 0.25) is 0 Å². The van der Waals surface area contributed by atoms with Gasteiger partial charge in [0.05, 0.1) is 11.8 Å². The first kappa shape index (κ1) is 8.03. The molecule has 2 bridgehead atoms. The number of hydrogen-bond donors (Lipinski definition) is 1. The van der Waals surface area contributed by atoms with E-state index < -0.39 is 0 Å². The molecule has 14 heavy (non-hydrogen) atoms. The number of hydrogen-bond acceptors (Lipinski definition) is 3. The quantitative estimate of drug-likeness (QED) is 0.542. The van der Waals surface area contributed by atoms with E-state index in [1.807, 2.05) is 16.9 Å². The fraction of sp³-hybridized carbons (Fsp3) is 0.600. The maximum absolute atomic E-state index is 9.00. The Kier molecular flexibility index (Phi) is 1.63. The summed E-state index contributed by atoms with van der Waals surface area (Å²) in [6.07, 6.45) is 7.33. The van der Waals surface area contributed by atoms with Crippen LogP contribution in [-0.4, -0.2) is 20.7 Å². The van der Waals surface area contributed by atoms with Gasteiger partial charge in [-0.2, -0.15) is 5.10 Å². The molecule has 3 unspecified atom stereocenters. The molecule has 0 saturated heterocycles. The Bertz CT molecular complexity index is 357. The van der Waals surface area contributed by atoms with E-state index in [4.69, 9.17) is 5.21 Å². The molecule has 1 aromatic rings. The van der Waals surface area contributed by atoms with Crippen molar-refractivity contribution < 1.29 is 5.21 Å². The fourth-order valence-corrected chi connectivity index (χ4v) is 2.99. The molecule has 0 radical (unpaired) electrons. The van der Waals surface area contributed by atoms with Gasteiger partial charge in [-0.05, 0) is 31.2 Å². The van der Waals surface area contributed by atoms with E-state index in [0.717, 1.165) is 5.71 Å². The molecule has 3 atom stereocenters. The number of fused-ring (bicyclic) bond motifs is 2. The highest BCUT2D eigenvalue weighted by atomic mass is 16.4. The van der Waals surface area contributed by atoms with Crippen LogP contribution in [0.1, 0.15) is 25.3 Å². The first-order chi connectivity index (χ1) is 6.90. The molecule has 74 valence electrons. The lowest BCUT2D eigenvalue weighted by Crippen LogP contribution is -2.26. The van der Waals surface area contributed by atoms with E-state index in [9.17, 15) is 0 Å². The van der Waals surface area contributed by atoms with Gasteiger partial charge in [0.1, 0.15) is 0 Å². The van der Waals surface area contributed by atoms with Crippen LogP contribution in [0.15, 0.2) is 23.6 Å². The second-order valence-electron chi connectivity index (χ2n) is 4.23. The van der Waals surface area contributed by atoms with E-state index in [0.29, 0.717) is 11.8 Å². The molecule has 2 aliphatic rings. The molecule has 1 aromatic heterocycles. The molecule has 0 spiro atoms. The summed E-state index contributed by atoms with van der Waals surface area (Å²) in [5.74, 6) is 1.13. The van der Waals surface area contributed by atoms with Crippen LogP contribution in [0.4, 0.5) is 0 Å². The number of nitrogens with zero attached hydrogens (tertiary/aromatic N) is 3. The van der Waals surface area contributed by atoms with Crippen LogP contribution in [0.2, 0.25) is 0 Å². The summed E-state index contributed by atoms with van der Waals surface area (Å²) >= 11 is 0. The van der Waals surface area contributed by atoms with Crippen molar-refractivity contribution in [2.24, 2.45) is 17.0 Å². The van der Waals surface area contributed by atoms with Crippen molar-refractivity contribution in [1.29, 1.82) is 0 Å². The summed E-state index contributed by atoms with van der Waals surface area (Å²) in [5.41, 5.74) is 0.935. The van der Waals surface area contributed by atoms with Crippen molar-refractivity contribution in [2.45, 2.75) is 25.3 Å². The Morgan fingerprint density at radius 1 is 1.50 bits per heavy atom. The number of aromatic nitrogens is 2. The average molecular weight is 191 g/mol. The van der Waals surface area contributed by atoms with E-state index in [1.165, 1.54) is 19.3 Å². The van der Waals surface area contributed by atoms with Gasteiger partial charge in [-0.15, -0.1) is 0 Å². The van der Waals surface area contributed by atoms with Gasteiger partial charge in [0.25, 0.3) is 0 Å². The zero-order valence-corrected chi connectivity index (χ0v) is 7.87. The summed E-state index contributed by atoms with van der Waals surface area (Å²) in [6, 6.07) is 2.13. The van der Waals surface area contributed by atoms with E-state index >= 15 is 0 Å². The van der Waals surface area contributed by atoms with Crippen LogP contribution < -0.4 is 0 Å². The van der Waals surface area contributed by atoms with Gasteiger partial charge in [0.15, 0.2) is 0 Å². The van der Waals surface area contributed by atoms with E-state index in [1.54, 1.807) is 6.20 Å². The Balaban J connectivity index is 2.00. The third-order valence-electron chi connectivity index (χ3n) is 3.57. The lowest BCUT2D eigenvalue weighted by Gasteiger charge is -2.22. The first-order valence-corrected chi connectivity index (χ1v) is 5.11. The highest BCUT2D eigenvalue weighted by Gasteiger charge is 2.46. The minimum atomic E-state index is 0.216. The Morgan fingerprint density at radius 2 is 2.43 bits per heavy atom. The van der Waals surface area contributed by atoms with Crippen molar-refractivity contribution in [3.63, 3.8) is 0 Å². The van der Waals surface area contributed by atoms with Crippen LogP contribution in [-0.2, 0) is 0 Å². The Morgan fingerprint density at radius 3 is 3.14 bits per heavy atom. The predicted octanol–water partition coefficient (Wildman–Crippen LogP) is 1.68. The fourth-order valence-electron chi connectivity index (χ4n) is 2.99. The molecule has 2 saturated carbocycles. The summed E-state index contributed by atoms with van der Waals surface area (Å²) in [5, 5.41) is 16.7. The molecule has 4 nitrogen and oxygen atoms in total. The molecular formula is C10H13N3O. The van der Waals surface area contributed by atoms with Crippen LogP contribution in [0.5, 0.6) is 0 Å². The van der Waals surface area contributed by atoms with Crippen LogP contribution in [0, 0.1) is 11.8 Å². The first-order valence-electron chi connectivity index (χ1n) is 5.11. The molecule has 1 heterocycles. The van der Waals surface area contributed by atoms with Gasteiger partial charge in [0, 0.05) is 18.3 Å². The van der Waals surface area contributed by atoms with Crippen LogP contribution in [0.3, 0.4) is 0 Å². The third-order valence-corrected chi connectivity index (χ3v) is 3.57. The second-order valence-corrected chi connectivity index (χ2v) is 4.23. The predicted molar refractivity (Wildman–Crippen MR) is 51.3 cm³/mol. The molecule has 2 fully saturated rings. The summed E-state index contributed by atoms with van der Waals surface area (Å²) < 4.78 is 1.93. The summed E-state index contributed by atoms with van der Waals surface area (Å²) in [7, 11) is 0. The lowest BCUT2D eigenvalue weighted by atomic mass is 9.93.